The molecule has 0 aromatic carbocycles. The van der Waals surface area contributed by atoms with E-state index in [-0.39, 0.29) is 0 Å². The van der Waals surface area contributed by atoms with E-state index in [1.54, 1.807) is 6.33 Å². The number of nitrogens with zero attached hydrogens (tertiary/aromatic N) is 3. The predicted molar refractivity (Wildman–Crippen MR) is 53.5 cm³/mol. The number of anilines is 1. The van der Waals surface area contributed by atoms with Crippen LogP contribution in [-0.2, 0) is 0 Å². The summed E-state index contributed by atoms with van der Waals surface area (Å²) in [6.07, 6.45) is 1.60. The molecule has 0 saturated carbocycles. The minimum Gasteiger partial charge on any atom is -0.368 e. The van der Waals surface area contributed by atoms with Crippen LogP contribution >= 0.6 is 15.9 Å². The lowest BCUT2D eigenvalue weighted by Gasteiger charge is -2.02. The molecule has 13 heavy (non-hydrogen) atoms. The molecule has 0 aliphatic heterocycles. The standard InChI is InChI=1S/C7H8BrN5/c1-2-9-5-4-6(11-3-10-4)13-7(8)12-5/h3H,2H2,1H3,(H2,9,10,11,12,13). The van der Waals surface area contributed by atoms with E-state index >= 15 is 0 Å². The summed E-state index contributed by atoms with van der Waals surface area (Å²) < 4.78 is 0.544. The minimum absolute atomic E-state index is 0.544. The van der Waals surface area contributed by atoms with Crippen molar-refractivity contribution in [1.82, 2.24) is 19.9 Å². The van der Waals surface area contributed by atoms with Gasteiger partial charge in [0.05, 0.1) is 6.33 Å². The number of imidazole rings is 1. The van der Waals surface area contributed by atoms with E-state index in [4.69, 9.17) is 0 Å². The molecule has 0 saturated heterocycles. The van der Waals surface area contributed by atoms with E-state index in [9.17, 15) is 0 Å². The summed E-state index contributed by atoms with van der Waals surface area (Å²) in [5.41, 5.74) is 1.50. The Bertz CT molecular complexity index is 424. The SMILES string of the molecule is CCNc1nc(Br)nc2nc[nH]c12. The fourth-order valence-corrected chi connectivity index (χ4v) is 1.45. The van der Waals surface area contributed by atoms with Crippen LogP contribution < -0.4 is 5.32 Å². The Hall–Kier alpha value is -1.17. The highest BCUT2D eigenvalue weighted by molar-refractivity contribution is 9.10. The van der Waals surface area contributed by atoms with Gasteiger partial charge in [-0.25, -0.2) is 15.0 Å². The molecule has 0 fully saturated rings. The van der Waals surface area contributed by atoms with Crippen molar-refractivity contribution in [2.45, 2.75) is 6.92 Å². The van der Waals surface area contributed by atoms with Crippen LogP contribution in [0.4, 0.5) is 5.82 Å². The van der Waals surface area contributed by atoms with Crippen LogP contribution in [0.2, 0.25) is 0 Å². The first-order valence-corrected chi connectivity index (χ1v) is 4.71. The van der Waals surface area contributed by atoms with Gasteiger partial charge in [-0.15, -0.1) is 0 Å². The van der Waals surface area contributed by atoms with Gasteiger partial charge in [-0.05, 0) is 22.9 Å². The van der Waals surface area contributed by atoms with E-state index in [2.05, 4.69) is 41.2 Å². The normalized spacial score (nSPS) is 10.6. The Morgan fingerprint density at radius 1 is 1.54 bits per heavy atom. The Labute approximate surface area is 83.1 Å². The van der Waals surface area contributed by atoms with Gasteiger partial charge in [0.25, 0.3) is 0 Å². The lowest BCUT2D eigenvalue weighted by molar-refractivity contribution is 1.10. The van der Waals surface area contributed by atoms with E-state index < -0.39 is 0 Å². The molecule has 0 atom stereocenters. The van der Waals surface area contributed by atoms with Crippen molar-refractivity contribution in [3.63, 3.8) is 0 Å². The van der Waals surface area contributed by atoms with Gasteiger partial charge in [-0.1, -0.05) is 0 Å². The Morgan fingerprint density at radius 2 is 2.38 bits per heavy atom. The monoisotopic (exact) mass is 241 g/mol. The smallest absolute Gasteiger partial charge is 0.200 e. The molecule has 2 aromatic rings. The maximum absolute atomic E-state index is 4.19. The lowest BCUT2D eigenvalue weighted by atomic mass is 10.5. The predicted octanol–water partition coefficient (Wildman–Crippen LogP) is 1.55. The number of aromatic nitrogens is 4. The molecule has 2 N–H and O–H groups in total. The molecule has 0 bridgehead atoms. The lowest BCUT2D eigenvalue weighted by Crippen LogP contribution is -2.01. The van der Waals surface area contributed by atoms with Crippen LogP contribution in [0.25, 0.3) is 11.2 Å². The second-order valence-corrected chi connectivity index (χ2v) is 3.18. The number of fused-ring (bicyclic) bond motifs is 1. The van der Waals surface area contributed by atoms with Gasteiger partial charge in [0, 0.05) is 6.54 Å². The van der Waals surface area contributed by atoms with Crippen LogP contribution in [0.1, 0.15) is 6.92 Å². The average Bonchev–Trinajstić information content (AvgIpc) is 2.52. The molecule has 5 nitrogen and oxygen atoms in total. The molecule has 0 radical (unpaired) electrons. The number of halogens is 1. The third-order valence-corrected chi connectivity index (χ3v) is 1.96. The summed E-state index contributed by atoms with van der Waals surface area (Å²) in [4.78, 5) is 15.3. The Kier molecular flexibility index (Phi) is 2.13. The number of nitrogens with one attached hydrogen (secondary N) is 2. The fraction of sp³-hybridized carbons (Fsp3) is 0.286. The van der Waals surface area contributed by atoms with Crippen LogP contribution in [0, 0.1) is 0 Å². The van der Waals surface area contributed by atoms with Crippen molar-refractivity contribution in [3.05, 3.63) is 11.1 Å². The van der Waals surface area contributed by atoms with E-state index in [1.807, 2.05) is 6.92 Å². The number of hydrogen-bond acceptors (Lipinski definition) is 4. The molecule has 0 spiro atoms. The third kappa shape index (κ3) is 1.49. The maximum atomic E-state index is 4.19. The Balaban J connectivity index is 2.63. The average molecular weight is 242 g/mol. The van der Waals surface area contributed by atoms with Crippen molar-refractivity contribution >= 4 is 32.9 Å². The van der Waals surface area contributed by atoms with Gasteiger partial charge < -0.3 is 10.3 Å². The van der Waals surface area contributed by atoms with E-state index in [0.717, 1.165) is 17.9 Å². The number of H-pyrrole nitrogens is 1. The first-order valence-electron chi connectivity index (χ1n) is 3.91. The van der Waals surface area contributed by atoms with Gasteiger partial charge >= 0.3 is 0 Å². The van der Waals surface area contributed by atoms with Crippen molar-refractivity contribution in [1.29, 1.82) is 0 Å². The van der Waals surface area contributed by atoms with E-state index in [1.165, 1.54) is 0 Å². The van der Waals surface area contributed by atoms with Gasteiger partial charge in [-0.3, -0.25) is 0 Å². The van der Waals surface area contributed by atoms with Crippen LogP contribution in [-0.4, -0.2) is 26.5 Å². The second kappa shape index (κ2) is 3.29. The summed E-state index contributed by atoms with van der Waals surface area (Å²) in [5.74, 6) is 0.775. The fourth-order valence-electron chi connectivity index (χ4n) is 1.10. The molecule has 2 aromatic heterocycles. The largest absolute Gasteiger partial charge is 0.368 e. The molecule has 6 heteroatoms. The van der Waals surface area contributed by atoms with Gasteiger partial charge in [0.1, 0.15) is 5.52 Å². The quantitative estimate of drug-likeness (QED) is 0.784. The van der Waals surface area contributed by atoms with Crippen molar-refractivity contribution < 1.29 is 0 Å². The molecule has 0 aliphatic carbocycles. The van der Waals surface area contributed by atoms with Crippen molar-refractivity contribution in [3.8, 4) is 0 Å². The highest BCUT2D eigenvalue weighted by atomic mass is 79.9. The first-order chi connectivity index (χ1) is 6.31. The van der Waals surface area contributed by atoms with Crippen LogP contribution in [0.15, 0.2) is 11.1 Å². The summed E-state index contributed by atoms with van der Waals surface area (Å²) >= 11 is 3.22. The molecule has 2 heterocycles. The topological polar surface area (TPSA) is 66.5 Å². The zero-order chi connectivity index (χ0) is 9.26. The molecule has 0 unspecified atom stereocenters. The summed E-state index contributed by atoms with van der Waals surface area (Å²) in [6, 6.07) is 0. The zero-order valence-corrected chi connectivity index (χ0v) is 8.59. The molecule has 0 aliphatic rings. The molecule has 2 rings (SSSR count). The maximum Gasteiger partial charge on any atom is 0.200 e. The zero-order valence-electron chi connectivity index (χ0n) is 7.00. The van der Waals surface area contributed by atoms with Gasteiger partial charge in [0.2, 0.25) is 4.73 Å². The highest BCUT2D eigenvalue weighted by Crippen LogP contribution is 2.18. The number of aromatic amines is 1. The number of hydrogen-bond donors (Lipinski definition) is 2. The Morgan fingerprint density at radius 3 is 3.15 bits per heavy atom. The van der Waals surface area contributed by atoms with Crippen LogP contribution in [0.3, 0.4) is 0 Å². The van der Waals surface area contributed by atoms with Crippen molar-refractivity contribution in [2.24, 2.45) is 0 Å². The van der Waals surface area contributed by atoms with Gasteiger partial charge in [0.15, 0.2) is 11.5 Å². The van der Waals surface area contributed by atoms with Gasteiger partial charge in [-0.2, -0.15) is 0 Å². The summed E-state index contributed by atoms with van der Waals surface area (Å²) in [5, 5.41) is 3.13. The first kappa shape index (κ1) is 8.43. The molecule has 68 valence electrons. The third-order valence-electron chi connectivity index (χ3n) is 1.60. The molecular weight excluding hydrogens is 234 g/mol. The number of rotatable bonds is 2. The summed E-state index contributed by atoms with van der Waals surface area (Å²) in [7, 11) is 0. The highest BCUT2D eigenvalue weighted by Gasteiger charge is 2.06. The van der Waals surface area contributed by atoms with Crippen molar-refractivity contribution in [2.75, 3.05) is 11.9 Å². The minimum atomic E-state index is 0.544. The second-order valence-electron chi connectivity index (χ2n) is 2.47. The molecular formula is C7H8BrN5. The van der Waals surface area contributed by atoms with Crippen LogP contribution in [0.5, 0.6) is 0 Å². The van der Waals surface area contributed by atoms with E-state index in [0.29, 0.717) is 10.4 Å². The summed E-state index contributed by atoms with van der Waals surface area (Å²) in [6.45, 7) is 2.83. The molecule has 0 amide bonds.